The number of nitrogens with two attached hydrogens (primary N) is 1. The van der Waals surface area contributed by atoms with E-state index < -0.39 is 0 Å². The maximum atomic E-state index is 6.08. The molecule has 1 aromatic carbocycles. The van der Waals surface area contributed by atoms with Crippen LogP contribution in [-0.4, -0.2) is 12.1 Å². The number of hydrogen-bond acceptors (Lipinski definition) is 4. The average Bonchev–Trinajstić information content (AvgIpc) is 2.38. The number of pyridine rings is 1. The van der Waals surface area contributed by atoms with Crippen molar-refractivity contribution in [3.63, 3.8) is 0 Å². The molecule has 96 valence electrons. The van der Waals surface area contributed by atoms with Gasteiger partial charge in [-0.3, -0.25) is 0 Å². The summed E-state index contributed by atoms with van der Waals surface area (Å²) in [7, 11) is 1.60. The Balaban J connectivity index is 2.63. The topological polar surface area (TPSA) is 60.2 Å². The first-order valence-electron chi connectivity index (χ1n) is 5.83. The van der Waals surface area contributed by atoms with Crippen LogP contribution >= 0.6 is 11.6 Å². The molecule has 0 aliphatic heterocycles. The van der Waals surface area contributed by atoms with Crippen LogP contribution in [-0.2, 0) is 6.42 Å². The highest BCUT2D eigenvalue weighted by Crippen LogP contribution is 2.31. The van der Waals surface area contributed by atoms with Gasteiger partial charge in [0, 0.05) is 5.39 Å². The van der Waals surface area contributed by atoms with Gasteiger partial charge in [-0.15, -0.1) is 0 Å². The first-order valence-corrected chi connectivity index (χ1v) is 6.21. The highest BCUT2D eigenvalue weighted by Gasteiger charge is 2.09. The number of hydrogen-bond donors (Lipinski definition) is 2. The number of nitrogens with zero attached hydrogens (tertiary/aromatic N) is 1. The van der Waals surface area contributed by atoms with Crippen molar-refractivity contribution in [2.45, 2.75) is 19.8 Å². The monoisotopic (exact) mass is 265 g/mol. The third kappa shape index (κ3) is 2.35. The quantitative estimate of drug-likeness (QED) is 0.659. The van der Waals surface area contributed by atoms with Crippen LogP contribution < -0.4 is 16.0 Å². The highest BCUT2D eigenvalue weighted by molar-refractivity contribution is 6.32. The maximum Gasteiger partial charge on any atom is 0.143 e. The van der Waals surface area contributed by atoms with Gasteiger partial charge >= 0.3 is 0 Å². The van der Waals surface area contributed by atoms with Gasteiger partial charge in [0.15, 0.2) is 0 Å². The van der Waals surface area contributed by atoms with Gasteiger partial charge in [-0.1, -0.05) is 24.9 Å². The van der Waals surface area contributed by atoms with E-state index in [4.69, 9.17) is 22.2 Å². The molecule has 0 radical (unpaired) electrons. The van der Waals surface area contributed by atoms with Gasteiger partial charge in [0.25, 0.3) is 0 Å². The largest absolute Gasteiger partial charge is 0.495 e. The van der Waals surface area contributed by atoms with Gasteiger partial charge in [-0.2, -0.15) is 0 Å². The Labute approximate surface area is 111 Å². The van der Waals surface area contributed by atoms with Crippen LogP contribution in [0.2, 0.25) is 5.02 Å². The molecule has 3 N–H and O–H groups in total. The number of rotatable bonds is 4. The second-order valence-corrected chi connectivity index (χ2v) is 4.48. The highest BCUT2D eigenvalue weighted by atomic mass is 35.5. The lowest BCUT2D eigenvalue weighted by Gasteiger charge is -2.11. The van der Waals surface area contributed by atoms with Gasteiger partial charge in [-0.25, -0.2) is 10.8 Å². The molecule has 18 heavy (non-hydrogen) atoms. The lowest BCUT2D eigenvalue weighted by atomic mass is 10.1. The van der Waals surface area contributed by atoms with E-state index in [-0.39, 0.29) is 0 Å². The summed E-state index contributed by atoms with van der Waals surface area (Å²) in [5.41, 5.74) is 4.53. The Hall–Kier alpha value is -1.52. The fraction of sp³-hybridized carbons (Fsp3) is 0.308. The number of aromatic nitrogens is 1. The number of ether oxygens (including phenoxy) is 1. The summed E-state index contributed by atoms with van der Waals surface area (Å²) in [5.74, 6) is 6.85. The zero-order valence-electron chi connectivity index (χ0n) is 10.5. The van der Waals surface area contributed by atoms with E-state index in [0.29, 0.717) is 16.6 Å². The third-order valence-corrected chi connectivity index (χ3v) is 3.12. The van der Waals surface area contributed by atoms with Crippen molar-refractivity contribution in [2.24, 2.45) is 5.84 Å². The van der Waals surface area contributed by atoms with Crippen molar-refractivity contribution in [1.29, 1.82) is 0 Å². The summed E-state index contributed by atoms with van der Waals surface area (Å²) in [4.78, 5) is 4.47. The van der Waals surface area contributed by atoms with Crippen LogP contribution in [0, 0.1) is 0 Å². The second-order valence-electron chi connectivity index (χ2n) is 4.07. The van der Waals surface area contributed by atoms with Crippen LogP contribution in [0.1, 0.15) is 18.9 Å². The smallest absolute Gasteiger partial charge is 0.143 e. The van der Waals surface area contributed by atoms with Crippen molar-refractivity contribution in [3.8, 4) is 5.75 Å². The molecule has 0 aliphatic rings. The minimum Gasteiger partial charge on any atom is -0.495 e. The summed E-state index contributed by atoms with van der Waals surface area (Å²) in [6, 6.07) is 5.75. The molecule has 0 saturated heterocycles. The van der Waals surface area contributed by atoms with E-state index >= 15 is 0 Å². The van der Waals surface area contributed by atoms with E-state index in [9.17, 15) is 0 Å². The van der Waals surface area contributed by atoms with E-state index in [1.165, 1.54) is 0 Å². The fourth-order valence-electron chi connectivity index (χ4n) is 1.96. The van der Waals surface area contributed by atoms with Gasteiger partial charge in [-0.05, 0) is 30.2 Å². The Morgan fingerprint density at radius 3 is 2.78 bits per heavy atom. The van der Waals surface area contributed by atoms with Crippen LogP contribution in [0.3, 0.4) is 0 Å². The summed E-state index contributed by atoms with van der Waals surface area (Å²) in [5, 5.41) is 1.54. The molecule has 1 heterocycles. The maximum absolute atomic E-state index is 6.08. The average molecular weight is 266 g/mol. The van der Waals surface area contributed by atoms with Crippen molar-refractivity contribution in [3.05, 3.63) is 28.8 Å². The van der Waals surface area contributed by atoms with E-state index in [1.807, 2.05) is 6.07 Å². The molecule has 0 bridgehead atoms. The number of anilines is 1. The van der Waals surface area contributed by atoms with Crippen molar-refractivity contribution in [1.82, 2.24) is 4.98 Å². The molecule has 0 unspecified atom stereocenters. The van der Waals surface area contributed by atoms with Crippen LogP contribution in [0.15, 0.2) is 18.2 Å². The molecule has 0 spiro atoms. The van der Waals surface area contributed by atoms with Gasteiger partial charge in [0.05, 0.1) is 17.6 Å². The standard InChI is InChI=1S/C13H16ClN3O/c1-3-4-8-5-9-6-12(18-2)10(14)7-11(9)16-13(8)17-15/h5-7H,3-4,15H2,1-2H3,(H,16,17). The zero-order valence-corrected chi connectivity index (χ0v) is 11.2. The molecular weight excluding hydrogens is 250 g/mol. The predicted octanol–water partition coefficient (Wildman–Crippen LogP) is 3.13. The minimum atomic E-state index is 0.545. The Bertz CT molecular complexity index is 572. The number of halogens is 1. The summed E-state index contributed by atoms with van der Waals surface area (Å²) in [6.45, 7) is 2.12. The number of methoxy groups -OCH3 is 1. The normalized spacial score (nSPS) is 10.7. The van der Waals surface area contributed by atoms with Crippen LogP contribution in [0.25, 0.3) is 10.9 Å². The molecule has 0 saturated carbocycles. The lowest BCUT2D eigenvalue weighted by molar-refractivity contribution is 0.415. The number of fused-ring (bicyclic) bond motifs is 1. The molecule has 0 atom stereocenters. The fourth-order valence-corrected chi connectivity index (χ4v) is 2.20. The molecule has 2 aromatic rings. The predicted molar refractivity (Wildman–Crippen MR) is 75.1 cm³/mol. The van der Waals surface area contributed by atoms with Crippen LogP contribution in [0.4, 0.5) is 5.82 Å². The SMILES string of the molecule is CCCc1cc2cc(OC)c(Cl)cc2nc1NN. The summed E-state index contributed by atoms with van der Waals surface area (Å²) >= 11 is 6.08. The Morgan fingerprint density at radius 2 is 2.17 bits per heavy atom. The zero-order chi connectivity index (χ0) is 13.1. The summed E-state index contributed by atoms with van der Waals surface area (Å²) < 4.78 is 5.21. The van der Waals surface area contributed by atoms with Gasteiger partial charge in [0.2, 0.25) is 0 Å². The second kappa shape index (κ2) is 5.42. The van der Waals surface area contributed by atoms with E-state index in [0.717, 1.165) is 29.3 Å². The van der Waals surface area contributed by atoms with Gasteiger partial charge < -0.3 is 10.2 Å². The molecule has 0 aliphatic carbocycles. The number of aryl methyl sites for hydroxylation is 1. The van der Waals surface area contributed by atoms with Crippen molar-refractivity contribution in [2.75, 3.05) is 12.5 Å². The Kier molecular flexibility index (Phi) is 3.89. The van der Waals surface area contributed by atoms with Crippen molar-refractivity contribution >= 4 is 28.3 Å². The van der Waals surface area contributed by atoms with Crippen molar-refractivity contribution < 1.29 is 4.74 Å². The number of benzene rings is 1. The lowest BCUT2D eigenvalue weighted by Crippen LogP contribution is -2.11. The molecule has 0 fully saturated rings. The Morgan fingerprint density at radius 1 is 1.39 bits per heavy atom. The number of hydrazine groups is 1. The molecular formula is C13H16ClN3O. The number of nitrogen functional groups attached to an aromatic ring is 1. The number of nitrogens with one attached hydrogen (secondary N) is 1. The first-order chi connectivity index (χ1) is 8.69. The molecule has 0 amide bonds. The van der Waals surface area contributed by atoms with E-state index in [2.05, 4.69) is 23.4 Å². The minimum absolute atomic E-state index is 0.545. The molecule has 5 heteroatoms. The molecule has 4 nitrogen and oxygen atoms in total. The molecule has 2 rings (SSSR count). The summed E-state index contributed by atoms with van der Waals surface area (Å²) in [6.07, 6.45) is 1.96. The molecule has 1 aromatic heterocycles. The van der Waals surface area contributed by atoms with Crippen LogP contribution in [0.5, 0.6) is 5.75 Å². The van der Waals surface area contributed by atoms with Gasteiger partial charge in [0.1, 0.15) is 11.6 Å². The van der Waals surface area contributed by atoms with E-state index in [1.54, 1.807) is 13.2 Å². The first kappa shape index (κ1) is 12.9. The third-order valence-electron chi connectivity index (χ3n) is 2.82.